The Hall–Kier alpha value is -0.920. The van der Waals surface area contributed by atoms with Crippen molar-refractivity contribution < 1.29 is 96.3 Å². The van der Waals surface area contributed by atoms with Crippen LogP contribution in [0.25, 0.3) is 0 Å². The third kappa shape index (κ3) is 103. The van der Waals surface area contributed by atoms with E-state index in [0.717, 1.165) is 0 Å². The summed E-state index contributed by atoms with van der Waals surface area (Å²) in [7, 11) is 0. The van der Waals surface area contributed by atoms with E-state index in [0.29, 0.717) is 100 Å². The van der Waals surface area contributed by atoms with E-state index in [1.54, 1.807) is 138 Å². The van der Waals surface area contributed by atoms with Crippen molar-refractivity contribution in [1.82, 2.24) is 0 Å². The van der Waals surface area contributed by atoms with Crippen LogP contribution in [0.1, 0.15) is 526 Å². The molecule has 0 saturated carbocycles. The van der Waals surface area contributed by atoms with Gasteiger partial charge in [0.2, 0.25) is 0 Å². The fraction of sp³-hybridized carbons (Fsp3) is 1.00. The van der Waals surface area contributed by atoms with Gasteiger partial charge in [0.05, 0.1) is 149 Å². The Bertz CT molecular complexity index is 2630. The van der Waals surface area contributed by atoms with Crippen LogP contribution in [0.3, 0.4) is 0 Å². The lowest BCUT2D eigenvalue weighted by molar-refractivity contribution is -0.0762. The molecule has 0 fully saturated rings. The number of alkyl halides is 4. The van der Waals surface area contributed by atoms with Gasteiger partial charge in [0.25, 0.3) is 0 Å². The predicted octanol–water partition coefficient (Wildman–Crippen LogP) is 34.9. The summed E-state index contributed by atoms with van der Waals surface area (Å²) in [6.45, 7) is 157. The van der Waals surface area contributed by atoms with Gasteiger partial charge in [0.1, 0.15) is 22.7 Å². The second-order valence-electron chi connectivity index (χ2n) is 62.7. The summed E-state index contributed by atoms with van der Waals surface area (Å²) in [5, 5.41) is 74.3. The lowest BCUT2D eigenvalue weighted by atomic mass is 9.74. The second-order valence-corrected chi connectivity index (χ2v) is 62.7. The normalized spacial score (nSPS) is 18.3. The highest BCUT2D eigenvalue weighted by Gasteiger charge is 2.40. The molecule has 0 saturated heterocycles. The minimum Gasteiger partial charge on any atom is -0.391 e. The van der Waals surface area contributed by atoms with Crippen molar-refractivity contribution in [1.29, 1.82) is 0 Å². The van der Waals surface area contributed by atoms with E-state index < -0.39 is 45.1 Å². The number of ether oxygens (including phenoxy) is 8. The van der Waals surface area contributed by atoms with Crippen molar-refractivity contribution in [3.63, 3.8) is 0 Å². The van der Waals surface area contributed by atoms with E-state index in [1.807, 2.05) is 27.7 Å². The van der Waals surface area contributed by atoms with Gasteiger partial charge in [-0.3, -0.25) is 0 Å². The topological polar surface area (TPSA) is 236 Å². The molecule has 0 aliphatic heterocycles. The van der Waals surface area contributed by atoms with E-state index in [-0.39, 0.29) is 162 Å². The van der Waals surface area contributed by atoms with Crippen LogP contribution in [-0.2, 0) is 37.9 Å². The molecule has 16 nitrogen and oxygen atoms in total. The van der Waals surface area contributed by atoms with Crippen LogP contribution in [0.2, 0.25) is 0 Å². The maximum absolute atomic E-state index is 13.3. The van der Waals surface area contributed by atoms with Gasteiger partial charge in [0.15, 0.2) is 0 Å². The second kappa shape index (κ2) is 71.7. The predicted molar refractivity (Wildman–Crippen MR) is 639 cm³/mol. The van der Waals surface area contributed by atoms with Crippen LogP contribution in [0, 0.1) is 136 Å². The van der Waals surface area contributed by atoms with E-state index >= 15 is 0 Å². The zero-order valence-corrected chi connectivity index (χ0v) is 114. The van der Waals surface area contributed by atoms with Crippen LogP contribution < -0.4 is 0 Å². The molecule has 8 N–H and O–H groups in total. The molecule has 0 amide bonds. The first-order valence-corrected chi connectivity index (χ1v) is 57.1. The Morgan fingerprint density at radius 2 is 0.230 bits per heavy atom. The summed E-state index contributed by atoms with van der Waals surface area (Å²) < 4.78 is 97.9. The maximum atomic E-state index is 13.3. The van der Waals surface area contributed by atoms with Crippen molar-refractivity contribution in [3.05, 3.63) is 0 Å². The van der Waals surface area contributed by atoms with Crippen LogP contribution in [0.5, 0.6) is 0 Å². The number of hydrogen-bond acceptors (Lipinski definition) is 16. The molecule has 0 rings (SSSR count). The summed E-state index contributed by atoms with van der Waals surface area (Å²) >= 11 is 0. The fourth-order valence-corrected chi connectivity index (χ4v) is 13.4. The molecule has 0 aromatic rings. The highest BCUT2D eigenvalue weighted by molar-refractivity contribution is 4.89. The molecular formula is C128H276F4O16. The van der Waals surface area contributed by atoms with E-state index in [4.69, 9.17) is 58.3 Å². The number of halogens is 4. The van der Waals surface area contributed by atoms with Crippen molar-refractivity contribution in [2.24, 2.45) is 136 Å². The van der Waals surface area contributed by atoms with Crippen LogP contribution in [-0.4, -0.2) is 212 Å². The number of hydrogen-bond donors (Lipinski definition) is 8. The van der Waals surface area contributed by atoms with Crippen molar-refractivity contribution in [2.75, 3.05) is 52.9 Å². The molecule has 912 valence electrons. The molecule has 148 heavy (non-hydrogen) atoms. The zero-order valence-electron chi connectivity index (χ0n) is 114. The van der Waals surface area contributed by atoms with E-state index in [2.05, 4.69) is 360 Å². The molecule has 0 bridgehead atoms. The summed E-state index contributed by atoms with van der Waals surface area (Å²) in [6.07, 6.45) is 0.0765. The van der Waals surface area contributed by atoms with E-state index in [9.17, 15) is 38.0 Å². The van der Waals surface area contributed by atoms with Gasteiger partial charge < -0.3 is 78.7 Å². The molecule has 0 radical (unpaired) electrons. The first-order valence-electron chi connectivity index (χ1n) is 57.1. The molecular weight excluding hydrogens is 1870 g/mol. The SMILES string of the molecule is C[C@@H](C(C)(C)C)C(C)(C)F.C[C@@H](C(C)(C)C)C(C)(C)F.C[C@@H](O)CO[C@H](C)[C@H](C)C(C)(C)C.C[C@@H](OCC(C)(C)O)[C@H](C)C(C)(C)C.C[C@H](C(C)(C)C)C(C)(C)F.C[C@H](C(C)(C)C)C(C)(C)F.C[C@H](O)CO[C@@H](C)[C@@H](C)C(C)(C)C.C[C@H](O)CO[C@H](C)[C@H](C)C(C)(C)C.C[C@H](OCC(C)(C)O)[C@@H](C)C(C)(C)C.C[C@H](OCC(C)(C)O)[C@H](C)C(C)(C)C.C[C@H](OC[C@@H](C)O)[C@@H](C)C(C)(C)C.C[C@H]([C@@H](C)OCC(C)(C)O)C(C)(C)C. The van der Waals surface area contributed by atoms with Gasteiger partial charge in [-0.25, -0.2) is 17.6 Å². The molecule has 20 heteroatoms. The summed E-state index contributed by atoms with van der Waals surface area (Å²) in [6, 6.07) is 0. The first-order chi connectivity index (χ1) is 63.8. The average Bonchev–Trinajstić information content (AvgIpc) is 0.851. The lowest BCUT2D eigenvalue weighted by Gasteiger charge is -2.34. The minimum absolute atomic E-state index is 0.0677. The van der Waals surface area contributed by atoms with Crippen LogP contribution >= 0.6 is 0 Å². The number of rotatable bonds is 36. The molecule has 0 aliphatic carbocycles. The first kappa shape index (κ1) is 172. The van der Waals surface area contributed by atoms with E-state index in [1.165, 1.54) is 0 Å². The summed E-state index contributed by atoms with van der Waals surface area (Å²) in [5.41, 5.74) is -4.84. The zero-order chi connectivity index (χ0) is 123. The highest BCUT2D eigenvalue weighted by atomic mass is 19.2. The third-order valence-electron chi connectivity index (χ3n) is 31.1. The molecule has 0 unspecified atom stereocenters. The molecule has 0 aromatic carbocycles. The summed E-state index contributed by atoms with van der Waals surface area (Å²) in [5.74, 6) is 4.26. The van der Waals surface area contributed by atoms with Gasteiger partial charge in [-0.05, 0) is 330 Å². The summed E-state index contributed by atoms with van der Waals surface area (Å²) in [4.78, 5) is 0. The molecule has 0 heterocycles. The van der Waals surface area contributed by atoms with Gasteiger partial charge in [-0.2, -0.15) is 0 Å². The van der Waals surface area contributed by atoms with Gasteiger partial charge in [-0.1, -0.05) is 332 Å². The largest absolute Gasteiger partial charge is 0.391 e. The Morgan fingerprint density at radius 1 is 0.149 bits per heavy atom. The fourth-order valence-electron chi connectivity index (χ4n) is 13.4. The van der Waals surface area contributed by atoms with Crippen molar-refractivity contribution >= 4 is 0 Å². The average molecular weight is 2150 g/mol. The molecule has 0 spiro atoms. The Kier molecular flexibility index (Phi) is 83.3. The lowest BCUT2D eigenvalue weighted by Crippen LogP contribution is -2.34. The highest BCUT2D eigenvalue weighted by Crippen LogP contribution is 2.42. The van der Waals surface area contributed by atoms with Crippen molar-refractivity contribution in [3.8, 4) is 0 Å². The third-order valence-corrected chi connectivity index (χ3v) is 31.1. The molecule has 24 atom stereocenters. The Morgan fingerprint density at radius 3 is 0.277 bits per heavy atom. The minimum atomic E-state index is -1.06. The Balaban J connectivity index is -0.000000137. The molecule has 0 aromatic heterocycles. The van der Waals surface area contributed by atoms with Gasteiger partial charge >= 0.3 is 0 Å². The Labute approximate surface area is 924 Å². The van der Waals surface area contributed by atoms with Gasteiger partial charge in [-0.15, -0.1) is 0 Å². The standard InChI is InChI=1S/4C12H26O2.4C11H24O2.4C9H19F/c4*1-9(11(3,4)5)10(2)14-8-12(6,7)13;4*1-8(12)7-13-10(3)9(2)11(4,5)6;4*1-7(8(2,3)4)9(5,6)10/h4*9-10,13H,8H2,1-7H3;4*8-10,12H,7H2,1-6H3;4*7H,1-6H3/t2*9-,10+;2*9-,10-;2*8-,9+,10-;2*8-,9-,10+;4*7-/m101010101100/s1. The van der Waals surface area contributed by atoms with Crippen LogP contribution in [0.4, 0.5) is 17.6 Å². The number of aliphatic hydroxyl groups excluding tert-OH is 4. The quantitative estimate of drug-likeness (QED) is 0.0272. The number of aliphatic hydroxyl groups is 8. The van der Waals surface area contributed by atoms with Crippen LogP contribution in [0.15, 0.2) is 0 Å². The van der Waals surface area contributed by atoms with Crippen molar-refractivity contribution in [2.45, 2.75) is 645 Å². The molecule has 0 aliphatic rings. The maximum Gasteiger partial charge on any atom is 0.108 e. The smallest absolute Gasteiger partial charge is 0.108 e. The van der Waals surface area contributed by atoms with Gasteiger partial charge in [0, 0.05) is 0 Å². The monoisotopic (exact) mass is 2150 g/mol.